The number of pyridine rings is 1. The molecule has 0 bridgehead atoms. The molecule has 0 saturated heterocycles. The number of nitriles is 1. The van der Waals surface area contributed by atoms with Crippen molar-refractivity contribution < 1.29 is 14.4 Å². The number of hydrogen-bond donors (Lipinski definition) is 1. The molecule has 0 fully saturated rings. The van der Waals surface area contributed by atoms with Gasteiger partial charge in [0.25, 0.3) is 17.7 Å². The maximum absolute atomic E-state index is 13.2. The molecule has 1 aliphatic rings. The molecule has 0 radical (unpaired) electrons. The summed E-state index contributed by atoms with van der Waals surface area (Å²) in [7, 11) is 0. The van der Waals surface area contributed by atoms with E-state index in [4.69, 9.17) is 0 Å². The lowest BCUT2D eigenvalue weighted by atomic mass is 10.1. The second kappa shape index (κ2) is 8.74. The Bertz CT molecular complexity index is 1610. The van der Waals surface area contributed by atoms with Crippen molar-refractivity contribution in [1.82, 2.24) is 19.7 Å². The summed E-state index contributed by atoms with van der Waals surface area (Å²) in [6.07, 6.45) is 1.98. The highest BCUT2D eigenvalue weighted by molar-refractivity contribution is 6.22. The molecule has 3 heterocycles. The Labute approximate surface area is 207 Å². The second-order valence-corrected chi connectivity index (χ2v) is 8.70. The number of carbonyl (C=O) groups is 3. The number of aryl methyl sites for hydroxylation is 1. The van der Waals surface area contributed by atoms with Crippen LogP contribution in [0.4, 0.5) is 5.82 Å². The van der Waals surface area contributed by atoms with Crippen LogP contribution in [0.1, 0.15) is 62.5 Å². The number of amides is 3. The van der Waals surface area contributed by atoms with E-state index in [0.29, 0.717) is 12.2 Å². The molecular formula is C27H22N6O3. The molecule has 1 aliphatic heterocycles. The number of aromatic nitrogens is 3. The average molecular weight is 479 g/mol. The normalized spacial score (nSPS) is 13.6. The summed E-state index contributed by atoms with van der Waals surface area (Å²) < 4.78 is 1.41. The van der Waals surface area contributed by atoms with Crippen LogP contribution in [0.25, 0.3) is 16.7 Å². The third-order valence-electron chi connectivity index (χ3n) is 6.46. The fraction of sp³-hybridized carbons (Fsp3) is 0.185. The van der Waals surface area contributed by atoms with Gasteiger partial charge in [-0.25, -0.2) is 4.98 Å². The molecule has 9 heteroatoms. The van der Waals surface area contributed by atoms with Gasteiger partial charge in [0.05, 0.1) is 22.8 Å². The van der Waals surface area contributed by atoms with E-state index >= 15 is 0 Å². The number of rotatable bonds is 5. The quantitative estimate of drug-likeness (QED) is 0.428. The van der Waals surface area contributed by atoms with E-state index in [2.05, 4.69) is 15.4 Å². The SMILES string of the molecule is CCC(C)N1C(=O)c2ccc(C(=O)Nc3c(C#N)cnn3-c3cc(C)c4ccccc4n3)cc2C1=O. The Balaban J connectivity index is 1.50. The summed E-state index contributed by atoms with van der Waals surface area (Å²) in [6.45, 7) is 5.66. The van der Waals surface area contributed by atoms with Crippen LogP contribution in [0.2, 0.25) is 0 Å². The minimum atomic E-state index is -0.546. The number of carbonyl (C=O) groups excluding carboxylic acids is 3. The summed E-state index contributed by atoms with van der Waals surface area (Å²) in [6, 6.07) is 15.7. The molecule has 0 saturated carbocycles. The molecule has 2 aromatic heterocycles. The zero-order valence-corrected chi connectivity index (χ0v) is 19.9. The van der Waals surface area contributed by atoms with E-state index in [1.807, 2.05) is 57.2 Å². The predicted molar refractivity (Wildman–Crippen MR) is 133 cm³/mol. The lowest BCUT2D eigenvalue weighted by molar-refractivity contribution is 0.0593. The highest BCUT2D eigenvalue weighted by Crippen LogP contribution is 2.28. The highest BCUT2D eigenvalue weighted by atomic mass is 16.2. The zero-order valence-electron chi connectivity index (χ0n) is 19.9. The van der Waals surface area contributed by atoms with Crippen molar-refractivity contribution in [2.75, 3.05) is 5.32 Å². The van der Waals surface area contributed by atoms with Gasteiger partial charge in [0, 0.05) is 17.0 Å². The Hall–Kier alpha value is -4.84. The Morgan fingerprint density at radius 2 is 1.86 bits per heavy atom. The first-order chi connectivity index (χ1) is 17.3. The fourth-order valence-corrected chi connectivity index (χ4v) is 4.33. The van der Waals surface area contributed by atoms with Gasteiger partial charge >= 0.3 is 0 Å². The first-order valence-electron chi connectivity index (χ1n) is 11.5. The monoisotopic (exact) mass is 478 g/mol. The first-order valence-corrected chi connectivity index (χ1v) is 11.5. The van der Waals surface area contributed by atoms with Gasteiger partial charge in [-0.15, -0.1) is 0 Å². The lowest BCUT2D eigenvalue weighted by Gasteiger charge is -2.20. The van der Waals surface area contributed by atoms with Crippen LogP contribution in [0.3, 0.4) is 0 Å². The molecule has 2 aromatic carbocycles. The van der Waals surface area contributed by atoms with Crippen molar-refractivity contribution in [1.29, 1.82) is 5.26 Å². The Morgan fingerprint density at radius 1 is 1.11 bits per heavy atom. The average Bonchev–Trinajstić information content (AvgIpc) is 3.41. The summed E-state index contributed by atoms with van der Waals surface area (Å²) in [4.78, 5) is 44.7. The maximum atomic E-state index is 13.2. The number of anilines is 1. The minimum Gasteiger partial charge on any atom is -0.305 e. The molecule has 5 rings (SSSR count). The summed E-state index contributed by atoms with van der Waals surface area (Å²) in [5, 5.41) is 17.6. The molecule has 1 atom stereocenters. The molecule has 0 aliphatic carbocycles. The van der Waals surface area contributed by atoms with E-state index < -0.39 is 11.8 Å². The van der Waals surface area contributed by atoms with E-state index in [9.17, 15) is 19.6 Å². The number of benzene rings is 2. The van der Waals surface area contributed by atoms with Crippen LogP contribution in [-0.2, 0) is 0 Å². The number of nitrogens with zero attached hydrogens (tertiary/aromatic N) is 5. The van der Waals surface area contributed by atoms with E-state index in [-0.39, 0.29) is 40.0 Å². The summed E-state index contributed by atoms with van der Waals surface area (Å²) in [5.74, 6) is -0.719. The van der Waals surface area contributed by atoms with Gasteiger partial charge in [-0.1, -0.05) is 25.1 Å². The van der Waals surface area contributed by atoms with Crippen molar-refractivity contribution >= 4 is 34.4 Å². The number of nitrogens with one attached hydrogen (secondary N) is 1. The highest BCUT2D eigenvalue weighted by Gasteiger charge is 2.38. The van der Waals surface area contributed by atoms with Gasteiger partial charge in [0.1, 0.15) is 11.6 Å². The molecule has 0 spiro atoms. The smallest absolute Gasteiger partial charge is 0.261 e. The van der Waals surface area contributed by atoms with E-state index in [1.165, 1.54) is 34.0 Å². The molecule has 178 valence electrons. The lowest BCUT2D eigenvalue weighted by Crippen LogP contribution is -2.37. The number of para-hydroxylation sites is 1. The largest absolute Gasteiger partial charge is 0.305 e. The van der Waals surface area contributed by atoms with Crippen LogP contribution in [-0.4, -0.2) is 43.4 Å². The molecule has 36 heavy (non-hydrogen) atoms. The molecule has 3 amide bonds. The third-order valence-corrected chi connectivity index (χ3v) is 6.46. The van der Waals surface area contributed by atoms with Crippen molar-refractivity contribution in [3.63, 3.8) is 0 Å². The Morgan fingerprint density at radius 3 is 2.61 bits per heavy atom. The van der Waals surface area contributed by atoms with E-state index in [0.717, 1.165) is 16.5 Å². The number of fused-ring (bicyclic) bond motifs is 2. The zero-order chi connectivity index (χ0) is 25.6. The molecule has 1 N–H and O–H groups in total. The second-order valence-electron chi connectivity index (χ2n) is 8.70. The molecule has 4 aromatic rings. The van der Waals surface area contributed by atoms with Gasteiger partial charge in [-0.2, -0.15) is 15.0 Å². The number of hydrogen-bond acceptors (Lipinski definition) is 6. The topological polar surface area (TPSA) is 121 Å². The number of imide groups is 1. The van der Waals surface area contributed by atoms with Crippen molar-refractivity contribution in [2.24, 2.45) is 0 Å². The minimum absolute atomic E-state index is 0.159. The Kier molecular flexibility index (Phi) is 5.57. The molecule has 9 nitrogen and oxygen atoms in total. The summed E-state index contributed by atoms with van der Waals surface area (Å²) in [5.41, 5.74) is 2.52. The van der Waals surface area contributed by atoms with Gasteiger partial charge in [0.15, 0.2) is 11.6 Å². The molecule has 1 unspecified atom stereocenters. The van der Waals surface area contributed by atoms with Crippen molar-refractivity contribution in [3.8, 4) is 11.9 Å². The van der Waals surface area contributed by atoms with Crippen LogP contribution < -0.4 is 5.32 Å². The third kappa shape index (κ3) is 3.60. The van der Waals surface area contributed by atoms with Gasteiger partial charge in [0.2, 0.25) is 0 Å². The van der Waals surface area contributed by atoms with Crippen LogP contribution in [0.15, 0.2) is 54.7 Å². The van der Waals surface area contributed by atoms with E-state index in [1.54, 1.807) is 0 Å². The van der Waals surface area contributed by atoms with Crippen LogP contribution in [0, 0.1) is 18.3 Å². The van der Waals surface area contributed by atoms with Crippen molar-refractivity contribution in [3.05, 3.63) is 82.5 Å². The first kappa shape index (κ1) is 22.9. The molecular weight excluding hydrogens is 456 g/mol. The van der Waals surface area contributed by atoms with Gasteiger partial charge in [-0.3, -0.25) is 19.3 Å². The van der Waals surface area contributed by atoms with Gasteiger partial charge < -0.3 is 5.32 Å². The maximum Gasteiger partial charge on any atom is 0.261 e. The van der Waals surface area contributed by atoms with Gasteiger partial charge in [-0.05, 0) is 56.2 Å². The van der Waals surface area contributed by atoms with Crippen LogP contribution >= 0.6 is 0 Å². The van der Waals surface area contributed by atoms with Crippen LogP contribution in [0.5, 0.6) is 0 Å². The van der Waals surface area contributed by atoms with Crippen molar-refractivity contribution in [2.45, 2.75) is 33.2 Å². The summed E-state index contributed by atoms with van der Waals surface area (Å²) >= 11 is 0. The fourth-order valence-electron chi connectivity index (χ4n) is 4.33. The predicted octanol–water partition coefficient (Wildman–Crippen LogP) is 4.25. The standard InChI is InChI=1S/C27H22N6O3/c1-4-16(3)32-26(35)20-10-9-17(12-21(20)27(32)36)25(34)31-24-18(13-28)14-29-33(24)23-11-15(2)19-7-5-6-8-22(19)30-23/h5-12,14,16H,4H2,1-3H3,(H,31,34).